The van der Waals surface area contributed by atoms with Gasteiger partial charge in [0.25, 0.3) is 0 Å². The standard InChI is InChI=1S/C13H15BrClNO3S/c14-11-5-9(2-3-12(11)15)20(18,19)16-6-8-1-4-13(17)10(8)7-16/h2-3,5,8,10,13,17H,1,4,6-7H2. The van der Waals surface area contributed by atoms with Crippen molar-refractivity contribution in [3.8, 4) is 0 Å². The minimum atomic E-state index is -3.51. The summed E-state index contributed by atoms with van der Waals surface area (Å²) in [6.45, 7) is 0.915. The lowest BCUT2D eigenvalue weighted by molar-refractivity contribution is 0.129. The normalized spacial score (nSPS) is 30.6. The molecule has 110 valence electrons. The molecule has 1 aromatic rings. The zero-order valence-electron chi connectivity index (χ0n) is 10.7. The van der Waals surface area contributed by atoms with Gasteiger partial charge in [-0.3, -0.25) is 0 Å². The van der Waals surface area contributed by atoms with Crippen molar-refractivity contribution in [1.29, 1.82) is 0 Å². The fraction of sp³-hybridized carbons (Fsp3) is 0.538. The third-order valence-corrected chi connectivity index (χ3v) is 7.36. The van der Waals surface area contributed by atoms with Gasteiger partial charge in [-0.05, 0) is 52.9 Å². The van der Waals surface area contributed by atoms with Gasteiger partial charge in [-0.2, -0.15) is 4.31 Å². The fourth-order valence-electron chi connectivity index (χ4n) is 3.18. The molecule has 0 spiro atoms. The van der Waals surface area contributed by atoms with Gasteiger partial charge in [0.2, 0.25) is 10.0 Å². The zero-order valence-corrected chi connectivity index (χ0v) is 13.8. The Hall–Kier alpha value is -0.140. The third kappa shape index (κ3) is 2.41. The summed E-state index contributed by atoms with van der Waals surface area (Å²) in [7, 11) is -3.51. The highest BCUT2D eigenvalue weighted by atomic mass is 79.9. The molecule has 3 unspecified atom stereocenters. The Kier molecular flexibility index (Phi) is 3.88. The van der Waals surface area contributed by atoms with Crippen LogP contribution in [0, 0.1) is 11.8 Å². The quantitative estimate of drug-likeness (QED) is 0.857. The highest BCUT2D eigenvalue weighted by Crippen LogP contribution is 2.40. The molecule has 1 saturated heterocycles. The van der Waals surface area contributed by atoms with Crippen LogP contribution in [0.5, 0.6) is 0 Å². The number of halogens is 2. The van der Waals surface area contributed by atoms with E-state index in [0.29, 0.717) is 22.6 Å². The largest absolute Gasteiger partial charge is 0.393 e. The van der Waals surface area contributed by atoms with Crippen LogP contribution in [0.2, 0.25) is 5.02 Å². The third-order valence-electron chi connectivity index (χ3n) is 4.31. The average molecular weight is 381 g/mol. The molecule has 2 aliphatic rings. The Bertz CT molecular complexity index is 637. The minimum Gasteiger partial charge on any atom is -0.393 e. The maximum absolute atomic E-state index is 12.6. The number of fused-ring (bicyclic) bond motifs is 1. The van der Waals surface area contributed by atoms with E-state index in [4.69, 9.17) is 11.6 Å². The van der Waals surface area contributed by atoms with E-state index in [1.54, 1.807) is 6.07 Å². The maximum Gasteiger partial charge on any atom is 0.243 e. The van der Waals surface area contributed by atoms with Crippen molar-refractivity contribution in [1.82, 2.24) is 4.31 Å². The van der Waals surface area contributed by atoms with E-state index in [1.165, 1.54) is 16.4 Å². The van der Waals surface area contributed by atoms with Crippen LogP contribution in [-0.4, -0.2) is 37.0 Å². The second-order valence-electron chi connectivity index (χ2n) is 5.47. The summed E-state index contributed by atoms with van der Waals surface area (Å²) >= 11 is 9.15. The second-order valence-corrected chi connectivity index (χ2v) is 8.67. The maximum atomic E-state index is 12.6. The van der Waals surface area contributed by atoms with Gasteiger partial charge in [0.15, 0.2) is 0 Å². The molecule has 0 aromatic heterocycles. The Morgan fingerprint density at radius 2 is 2.05 bits per heavy atom. The van der Waals surface area contributed by atoms with Gasteiger partial charge in [-0.15, -0.1) is 0 Å². The Balaban J connectivity index is 1.88. The molecule has 20 heavy (non-hydrogen) atoms. The topological polar surface area (TPSA) is 57.6 Å². The first-order chi connectivity index (χ1) is 9.39. The number of hydrogen-bond donors (Lipinski definition) is 1. The lowest BCUT2D eigenvalue weighted by atomic mass is 10.00. The zero-order chi connectivity index (χ0) is 14.5. The van der Waals surface area contributed by atoms with E-state index in [0.717, 1.165) is 12.8 Å². The molecule has 3 atom stereocenters. The molecule has 3 rings (SSSR count). The molecule has 4 nitrogen and oxygen atoms in total. The SMILES string of the molecule is O=S(=O)(c1ccc(Cl)c(Br)c1)N1CC2CCC(O)C2C1. The van der Waals surface area contributed by atoms with Crippen molar-refractivity contribution in [3.05, 3.63) is 27.7 Å². The lowest BCUT2D eigenvalue weighted by Gasteiger charge is -2.18. The van der Waals surface area contributed by atoms with Crippen LogP contribution in [-0.2, 0) is 10.0 Å². The minimum absolute atomic E-state index is 0.0838. The van der Waals surface area contributed by atoms with Crippen molar-refractivity contribution in [2.45, 2.75) is 23.8 Å². The van der Waals surface area contributed by atoms with Gasteiger partial charge >= 0.3 is 0 Å². The Labute approximate surface area is 131 Å². The first-order valence-corrected chi connectivity index (χ1v) is 9.14. The van der Waals surface area contributed by atoms with E-state index in [-0.39, 0.29) is 22.8 Å². The van der Waals surface area contributed by atoms with Gasteiger partial charge in [-0.25, -0.2) is 8.42 Å². The number of hydrogen-bond acceptors (Lipinski definition) is 3. The molecule has 1 saturated carbocycles. The molecule has 0 bridgehead atoms. The number of benzene rings is 1. The van der Waals surface area contributed by atoms with Crippen molar-refractivity contribution in [2.24, 2.45) is 11.8 Å². The van der Waals surface area contributed by atoms with E-state index < -0.39 is 10.0 Å². The summed E-state index contributed by atoms with van der Waals surface area (Å²) in [5.41, 5.74) is 0. The number of aliphatic hydroxyl groups excluding tert-OH is 1. The first kappa shape index (κ1) is 14.8. The van der Waals surface area contributed by atoms with Gasteiger partial charge in [-0.1, -0.05) is 11.6 Å². The predicted molar refractivity (Wildman–Crippen MR) is 80.1 cm³/mol. The fourth-order valence-corrected chi connectivity index (χ4v) is 5.39. The summed E-state index contributed by atoms with van der Waals surface area (Å²) in [5, 5.41) is 10.4. The molecule has 2 fully saturated rings. The lowest BCUT2D eigenvalue weighted by Crippen LogP contribution is -2.31. The van der Waals surface area contributed by atoms with Crippen molar-refractivity contribution < 1.29 is 13.5 Å². The molecular weight excluding hydrogens is 366 g/mol. The number of sulfonamides is 1. The molecule has 0 amide bonds. The van der Waals surface area contributed by atoms with Crippen molar-refractivity contribution >= 4 is 37.6 Å². The molecule has 0 radical (unpaired) electrons. The van der Waals surface area contributed by atoms with E-state index in [2.05, 4.69) is 15.9 Å². The number of rotatable bonds is 2. The summed E-state index contributed by atoms with van der Waals surface area (Å²) in [4.78, 5) is 0.239. The number of nitrogens with zero attached hydrogens (tertiary/aromatic N) is 1. The van der Waals surface area contributed by atoms with Crippen LogP contribution in [0.25, 0.3) is 0 Å². The molecule has 1 N–H and O–H groups in total. The molecular formula is C13H15BrClNO3S. The van der Waals surface area contributed by atoms with Gasteiger partial charge < -0.3 is 5.11 Å². The van der Waals surface area contributed by atoms with Gasteiger partial charge in [0, 0.05) is 23.5 Å². The van der Waals surface area contributed by atoms with E-state index >= 15 is 0 Å². The summed E-state index contributed by atoms with van der Waals surface area (Å²) in [6.07, 6.45) is 1.33. The van der Waals surface area contributed by atoms with Crippen molar-refractivity contribution in [2.75, 3.05) is 13.1 Å². The molecule has 7 heteroatoms. The number of aliphatic hydroxyl groups is 1. The molecule has 1 aromatic carbocycles. The van der Waals surface area contributed by atoms with Crippen LogP contribution >= 0.6 is 27.5 Å². The van der Waals surface area contributed by atoms with Crippen LogP contribution in [0.1, 0.15) is 12.8 Å². The van der Waals surface area contributed by atoms with Crippen LogP contribution < -0.4 is 0 Å². The van der Waals surface area contributed by atoms with Crippen LogP contribution in [0.15, 0.2) is 27.6 Å². The molecule has 1 aliphatic heterocycles. The first-order valence-electron chi connectivity index (χ1n) is 6.53. The average Bonchev–Trinajstić information content (AvgIpc) is 2.96. The van der Waals surface area contributed by atoms with Gasteiger partial charge in [0.1, 0.15) is 0 Å². The Morgan fingerprint density at radius 3 is 2.70 bits per heavy atom. The summed E-state index contributed by atoms with van der Waals surface area (Å²) in [6, 6.07) is 4.62. The summed E-state index contributed by atoms with van der Waals surface area (Å²) < 4.78 is 27.3. The summed E-state index contributed by atoms with van der Waals surface area (Å²) in [5.74, 6) is 0.371. The molecule has 1 aliphatic carbocycles. The van der Waals surface area contributed by atoms with Crippen LogP contribution in [0.3, 0.4) is 0 Å². The highest BCUT2D eigenvalue weighted by Gasteiger charge is 2.45. The predicted octanol–water partition coefficient (Wildman–Crippen LogP) is 2.49. The Morgan fingerprint density at radius 1 is 1.30 bits per heavy atom. The van der Waals surface area contributed by atoms with E-state index in [1.807, 2.05) is 0 Å². The molecule has 1 heterocycles. The second kappa shape index (κ2) is 5.25. The van der Waals surface area contributed by atoms with E-state index in [9.17, 15) is 13.5 Å². The van der Waals surface area contributed by atoms with Crippen molar-refractivity contribution in [3.63, 3.8) is 0 Å². The van der Waals surface area contributed by atoms with Crippen LogP contribution in [0.4, 0.5) is 0 Å². The highest BCUT2D eigenvalue weighted by molar-refractivity contribution is 9.10. The smallest absolute Gasteiger partial charge is 0.243 e. The van der Waals surface area contributed by atoms with Gasteiger partial charge in [0.05, 0.1) is 16.0 Å². The monoisotopic (exact) mass is 379 g/mol.